The molecule has 1 rings (SSSR count). The summed E-state index contributed by atoms with van der Waals surface area (Å²) in [6.45, 7) is -1.65. The third-order valence-corrected chi connectivity index (χ3v) is 1.71. The van der Waals surface area contributed by atoms with Crippen molar-refractivity contribution in [3.63, 3.8) is 0 Å². The molecule has 2 nitrogen and oxygen atoms in total. The predicted molar refractivity (Wildman–Crippen MR) is 43.2 cm³/mol. The summed E-state index contributed by atoms with van der Waals surface area (Å²) in [6, 6.07) is 1.88. The highest BCUT2D eigenvalue weighted by atomic mass is 19.3. The van der Waals surface area contributed by atoms with Crippen molar-refractivity contribution in [2.75, 3.05) is 0 Å². The number of alkyl halides is 2. The Balaban J connectivity index is 3.09. The molecule has 0 saturated carbocycles. The molecule has 0 bridgehead atoms. The molecule has 1 aromatic carbocycles. The second kappa shape index (κ2) is 4.13. The Bertz CT molecular complexity index is 350. The molecule has 0 radical (unpaired) electrons. The summed E-state index contributed by atoms with van der Waals surface area (Å²) in [5.74, 6) is -1.10. The number of hydrogen-bond donors (Lipinski definition) is 0. The van der Waals surface area contributed by atoms with Crippen molar-refractivity contribution in [2.45, 2.75) is 13.5 Å². The summed E-state index contributed by atoms with van der Waals surface area (Å²) in [4.78, 5) is 10.4. The fourth-order valence-electron chi connectivity index (χ4n) is 0.968. The number of ether oxygens (including phenoxy) is 1. The molecule has 0 aliphatic carbocycles. The molecule has 5 heteroatoms. The number of aldehydes is 1. The fourth-order valence-corrected chi connectivity index (χ4v) is 0.968. The van der Waals surface area contributed by atoms with E-state index in [2.05, 4.69) is 4.74 Å². The maximum absolute atomic E-state index is 13.0. The van der Waals surface area contributed by atoms with Crippen LogP contribution in [0.1, 0.15) is 15.9 Å². The molecule has 14 heavy (non-hydrogen) atoms. The van der Waals surface area contributed by atoms with Gasteiger partial charge in [0.2, 0.25) is 0 Å². The first kappa shape index (κ1) is 10.6. The van der Waals surface area contributed by atoms with Crippen LogP contribution >= 0.6 is 0 Å². The van der Waals surface area contributed by atoms with E-state index in [1.165, 1.54) is 6.92 Å². The van der Waals surface area contributed by atoms with E-state index in [0.717, 1.165) is 12.1 Å². The Kier molecular flexibility index (Phi) is 3.11. The molecule has 0 unspecified atom stereocenters. The lowest BCUT2D eigenvalue weighted by molar-refractivity contribution is -0.0500. The van der Waals surface area contributed by atoms with Crippen LogP contribution in [-0.2, 0) is 0 Å². The molecule has 0 saturated heterocycles. The summed E-state index contributed by atoms with van der Waals surface area (Å²) >= 11 is 0. The van der Waals surface area contributed by atoms with Gasteiger partial charge in [-0.15, -0.1) is 0 Å². The van der Waals surface area contributed by atoms with Gasteiger partial charge in [-0.05, 0) is 18.6 Å². The largest absolute Gasteiger partial charge is 0.435 e. The van der Waals surface area contributed by atoms with Crippen molar-refractivity contribution in [1.82, 2.24) is 0 Å². The molecular formula is C9H7F3O2. The number of rotatable bonds is 3. The van der Waals surface area contributed by atoms with Crippen LogP contribution in [0, 0.1) is 12.7 Å². The number of benzene rings is 1. The van der Waals surface area contributed by atoms with Crippen LogP contribution in [0.3, 0.4) is 0 Å². The first-order chi connectivity index (χ1) is 6.54. The van der Waals surface area contributed by atoms with Crippen LogP contribution in [0.5, 0.6) is 5.75 Å². The Labute approximate surface area is 78.3 Å². The Morgan fingerprint density at radius 1 is 1.43 bits per heavy atom. The van der Waals surface area contributed by atoms with E-state index >= 15 is 0 Å². The Morgan fingerprint density at radius 2 is 2.07 bits per heavy atom. The third-order valence-electron chi connectivity index (χ3n) is 1.71. The van der Waals surface area contributed by atoms with E-state index in [4.69, 9.17) is 0 Å². The van der Waals surface area contributed by atoms with Crippen LogP contribution in [0.2, 0.25) is 0 Å². The normalized spacial score (nSPS) is 10.4. The molecule has 0 amide bonds. The smallest absolute Gasteiger partial charge is 0.387 e. The number of carbonyl (C=O) groups is 1. The van der Waals surface area contributed by atoms with Gasteiger partial charge in [0.1, 0.15) is 11.6 Å². The van der Waals surface area contributed by atoms with E-state index < -0.39 is 12.4 Å². The van der Waals surface area contributed by atoms with Gasteiger partial charge in [-0.2, -0.15) is 8.78 Å². The lowest BCUT2D eigenvalue weighted by Crippen LogP contribution is -2.03. The number of hydrogen-bond acceptors (Lipinski definition) is 2. The van der Waals surface area contributed by atoms with Crippen LogP contribution in [0.15, 0.2) is 12.1 Å². The van der Waals surface area contributed by atoms with Gasteiger partial charge >= 0.3 is 6.61 Å². The average Bonchev–Trinajstić information content (AvgIpc) is 2.10. The minimum absolute atomic E-state index is 0.000602. The van der Waals surface area contributed by atoms with Crippen LogP contribution in [0.4, 0.5) is 13.2 Å². The highest BCUT2D eigenvalue weighted by molar-refractivity contribution is 5.78. The second-order valence-electron chi connectivity index (χ2n) is 2.62. The third kappa shape index (κ3) is 2.25. The van der Waals surface area contributed by atoms with Crippen molar-refractivity contribution in [3.05, 3.63) is 29.1 Å². The van der Waals surface area contributed by atoms with Crippen molar-refractivity contribution in [3.8, 4) is 5.75 Å². The van der Waals surface area contributed by atoms with Gasteiger partial charge in [0.25, 0.3) is 0 Å². The molecule has 0 aromatic heterocycles. The molecule has 0 aliphatic heterocycles. The molecular weight excluding hydrogens is 197 g/mol. The van der Waals surface area contributed by atoms with Crippen molar-refractivity contribution in [2.24, 2.45) is 0 Å². The highest BCUT2D eigenvalue weighted by Crippen LogP contribution is 2.21. The van der Waals surface area contributed by atoms with Gasteiger partial charge < -0.3 is 4.74 Å². The predicted octanol–water partition coefficient (Wildman–Crippen LogP) is 2.55. The lowest BCUT2D eigenvalue weighted by atomic mass is 10.1. The molecule has 0 atom stereocenters. The van der Waals surface area contributed by atoms with Gasteiger partial charge in [-0.3, -0.25) is 4.79 Å². The lowest BCUT2D eigenvalue weighted by Gasteiger charge is -2.07. The van der Waals surface area contributed by atoms with Crippen molar-refractivity contribution in [1.29, 1.82) is 0 Å². The molecule has 0 fully saturated rings. The van der Waals surface area contributed by atoms with Crippen molar-refractivity contribution < 1.29 is 22.7 Å². The SMILES string of the molecule is Cc1c(F)cc(OC(F)F)cc1C=O. The van der Waals surface area contributed by atoms with Gasteiger partial charge in [-0.1, -0.05) is 0 Å². The molecule has 0 spiro atoms. The average molecular weight is 204 g/mol. The molecule has 0 N–H and O–H groups in total. The molecule has 0 aliphatic rings. The highest BCUT2D eigenvalue weighted by Gasteiger charge is 2.10. The second-order valence-corrected chi connectivity index (χ2v) is 2.62. The van der Waals surface area contributed by atoms with Crippen LogP contribution in [-0.4, -0.2) is 12.9 Å². The maximum atomic E-state index is 13.0. The Hall–Kier alpha value is -1.52. The monoisotopic (exact) mass is 204 g/mol. The first-order valence-electron chi connectivity index (χ1n) is 3.74. The summed E-state index contributed by atoms with van der Waals surface area (Å²) in [6.07, 6.45) is 0.386. The zero-order chi connectivity index (χ0) is 10.7. The summed E-state index contributed by atoms with van der Waals surface area (Å²) < 4.78 is 40.5. The van der Waals surface area contributed by atoms with Crippen LogP contribution < -0.4 is 4.74 Å². The van der Waals surface area contributed by atoms with Gasteiger partial charge in [0.05, 0.1) is 0 Å². The topological polar surface area (TPSA) is 26.3 Å². The quantitative estimate of drug-likeness (QED) is 0.707. The van der Waals surface area contributed by atoms with E-state index in [9.17, 15) is 18.0 Å². The van der Waals surface area contributed by atoms with E-state index in [1.807, 2.05) is 0 Å². The fraction of sp³-hybridized carbons (Fsp3) is 0.222. The Morgan fingerprint density at radius 3 is 2.57 bits per heavy atom. The minimum atomic E-state index is -3.03. The minimum Gasteiger partial charge on any atom is -0.435 e. The van der Waals surface area contributed by atoms with E-state index in [-0.39, 0.29) is 16.9 Å². The van der Waals surface area contributed by atoms with Gasteiger partial charge in [-0.25, -0.2) is 4.39 Å². The summed E-state index contributed by atoms with van der Waals surface area (Å²) in [7, 11) is 0. The molecule has 76 valence electrons. The maximum Gasteiger partial charge on any atom is 0.387 e. The van der Waals surface area contributed by atoms with Crippen molar-refractivity contribution >= 4 is 6.29 Å². The molecule has 0 heterocycles. The van der Waals surface area contributed by atoms with Gasteiger partial charge in [0, 0.05) is 11.6 Å². The summed E-state index contributed by atoms with van der Waals surface area (Å²) in [5, 5.41) is 0. The number of carbonyl (C=O) groups excluding carboxylic acids is 1. The number of halogens is 3. The molecule has 1 aromatic rings. The van der Waals surface area contributed by atoms with E-state index in [0.29, 0.717) is 6.29 Å². The van der Waals surface area contributed by atoms with Gasteiger partial charge in [0.15, 0.2) is 6.29 Å². The first-order valence-corrected chi connectivity index (χ1v) is 3.74. The standard InChI is InChI=1S/C9H7F3O2/c1-5-6(4-13)2-7(3-8(5)10)14-9(11)12/h2-4,9H,1H3. The zero-order valence-corrected chi connectivity index (χ0v) is 7.26. The summed E-state index contributed by atoms with van der Waals surface area (Å²) in [5.41, 5.74) is 0.113. The zero-order valence-electron chi connectivity index (χ0n) is 7.26. The van der Waals surface area contributed by atoms with Crippen LogP contribution in [0.25, 0.3) is 0 Å². The van der Waals surface area contributed by atoms with E-state index in [1.54, 1.807) is 0 Å².